The molecule has 0 aliphatic rings. The van der Waals surface area contributed by atoms with E-state index in [0.29, 0.717) is 0 Å². The number of nitrogens with zero attached hydrogens (tertiary/aromatic N) is 1. The predicted molar refractivity (Wildman–Crippen MR) is 80.7 cm³/mol. The molecule has 1 aromatic carbocycles. The maximum atomic E-state index is 11.0. The molecule has 0 radical (unpaired) electrons. The van der Waals surface area contributed by atoms with Crippen LogP contribution in [-0.4, -0.2) is 21.0 Å². The van der Waals surface area contributed by atoms with Crippen molar-refractivity contribution in [1.29, 1.82) is 0 Å². The SMILES string of the molecule is C\C=C/C=C\C(=C/C)c1nc2ccc(C(=O)O)cc2[nH]1. The standard InChI is InChI=1S/C16H16N2O2/c1-3-5-6-7-11(4-2)15-17-13-9-8-12(16(19)20)10-14(13)18-15/h3-10H,1-2H3,(H,17,18)(H,19,20)/b5-3-,7-6-,11-4+. The van der Waals surface area contributed by atoms with Crippen molar-refractivity contribution in [1.82, 2.24) is 9.97 Å². The van der Waals surface area contributed by atoms with Crippen LogP contribution in [0, 0.1) is 0 Å². The summed E-state index contributed by atoms with van der Waals surface area (Å²) in [5.41, 5.74) is 2.68. The monoisotopic (exact) mass is 268 g/mol. The van der Waals surface area contributed by atoms with Gasteiger partial charge in [-0.15, -0.1) is 0 Å². The van der Waals surface area contributed by atoms with E-state index in [-0.39, 0.29) is 5.56 Å². The van der Waals surface area contributed by atoms with E-state index in [4.69, 9.17) is 5.11 Å². The highest BCUT2D eigenvalue weighted by Crippen LogP contribution is 2.19. The van der Waals surface area contributed by atoms with Gasteiger partial charge in [0.1, 0.15) is 5.82 Å². The van der Waals surface area contributed by atoms with Gasteiger partial charge in [-0.3, -0.25) is 0 Å². The maximum absolute atomic E-state index is 11.0. The lowest BCUT2D eigenvalue weighted by atomic mass is 10.2. The highest BCUT2D eigenvalue weighted by molar-refractivity contribution is 5.93. The fourth-order valence-corrected chi connectivity index (χ4v) is 1.86. The number of hydrogen-bond acceptors (Lipinski definition) is 2. The second-order valence-corrected chi connectivity index (χ2v) is 4.25. The van der Waals surface area contributed by atoms with Gasteiger partial charge in [-0.2, -0.15) is 0 Å². The molecule has 0 atom stereocenters. The van der Waals surface area contributed by atoms with E-state index in [1.165, 1.54) is 0 Å². The van der Waals surface area contributed by atoms with Crippen molar-refractivity contribution in [3.63, 3.8) is 0 Å². The quantitative estimate of drug-likeness (QED) is 0.829. The molecule has 1 heterocycles. The summed E-state index contributed by atoms with van der Waals surface area (Å²) in [7, 11) is 0. The molecule has 0 saturated carbocycles. The second-order valence-electron chi connectivity index (χ2n) is 4.25. The van der Waals surface area contributed by atoms with E-state index < -0.39 is 5.97 Å². The van der Waals surface area contributed by atoms with Crippen molar-refractivity contribution in [3.05, 3.63) is 60.0 Å². The Bertz CT molecular complexity index is 721. The molecule has 0 bridgehead atoms. The molecule has 2 N–H and O–H groups in total. The molecule has 4 heteroatoms. The van der Waals surface area contributed by atoms with Gasteiger partial charge in [0.15, 0.2) is 0 Å². The summed E-state index contributed by atoms with van der Waals surface area (Å²) in [5.74, 6) is -0.215. The van der Waals surface area contributed by atoms with E-state index in [1.807, 2.05) is 44.2 Å². The Morgan fingerprint density at radius 3 is 2.75 bits per heavy atom. The minimum Gasteiger partial charge on any atom is -0.478 e. The van der Waals surface area contributed by atoms with Gasteiger partial charge in [0.05, 0.1) is 16.6 Å². The number of imidazole rings is 1. The van der Waals surface area contributed by atoms with Crippen molar-refractivity contribution < 1.29 is 9.90 Å². The molecule has 0 saturated heterocycles. The summed E-state index contributed by atoms with van der Waals surface area (Å²) in [6.07, 6.45) is 9.73. The third-order valence-electron chi connectivity index (χ3n) is 2.89. The van der Waals surface area contributed by atoms with Crippen LogP contribution in [0.25, 0.3) is 16.6 Å². The molecule has 102 valence electrons. The average Bonchev–Trinajstić information content (AvgIpc) is 2.86. The van der Waals surface area contributed by atoms with Gasteiger partial charge in [0, 0.05) is 5.57 Å². The van der Waals surface area contributed by atoms with Gasteiger partial charge in [-0.1, -0.05) is 30.4 Å². The minimum absolute atomic E-state index is 0.249. The summed E-state index contributed by atoms with van der Waals surface area (Å²) < 4.78 is 0. The number of nitrogens with one attached hydrogen (secondary N) is 1. The number of fused-ring (bicyclic) bond motifs is 1. The lowest BCUT2D eigenvalue weighted by Gasteiger charge is -1.94. The first-order valence-corrected chi connectivity index (χ1v) is 6.35. The largest absolute Gasteiger partial charge is 0.478 e. The number of aromatic amines is 1. The van der Waals surface area contributed by atoms with E-state index in [1.54, 1.807) is 18.2 Å². The smallest absolute Gasteiger partial charge is 0.335 e. The summed E-state index contributed by atoms with van der Waals surface area (Å²) in [6, 6.07) is 4.86. The summed E-state index contributed by atoms with van der Waals surface area (Å²) in [4.78, 5) is 18.6. The van der Waals surface area contributed by atoms with Crippen LogP contribution in [0.1, 0.15) is 30.0 Å². The molecule has 0 spiro atoms. The number of carboxylic acid groups (broad SMARTS) is 1. The van der Waals surface area contributed by atoms with Crippen LogP contribution in [0.5, 0.6) is 0 Å². The first kappa shape index (κ1) is 13.8. The average molecular weight is 268 g/mol. The number of carbonyl (C=O) groups is 1. The van der Waals surface area contributed by atoms with E-state index in [0.717, 1.165) is 22.4 Å². The van der Waals surface area contributed by atoms with E-state index >= 15 is 0 Å². The highest BCUT2D eigenvalue weighted by atomic mass is 16.4. The Kier molecular flexibility index (Phi) is 4.15. The van der Waals surface area contributed by atoms with Gasteiger partial charge in [0.25, 0.3) is 0 Å². The fourth-order valence-electron chi connectivity index (χ4n) is 1.86. The molecule has 1 aromatic heterocycles. The van der Waals surface area contributed by atoms with Crippen molar-refractivity contribution in [2.24, 2.45) is 0 Å². The van der Waals surface area contributed by atoms with Crippen LogP contribution in [0.2, 0.25) is 0 Å². The van der Waals surface area contributed by atoms with Crippen LogP contribution in [0.4, 0.5) is 0 Å². The van der Waals surface area contributed by atoms with Crippen LogP contribution in [0.3, 0.4) is 0 Å². The molecular weight excluding hydrogens is 252 g/mol. The molecule has 2 aromatic rings. The van der Waals surface area contributed by atoms with Gasteiger partial charge < -0.3 is 10.1 Å². The zero-order chi connectivity index (χ0) is 14.5. The maximum Gasteiger partial charge on any atom is 0.335 e. The molecule has 0 unspecified atom stereocenters. The Morgan fingerprint density at radius 2 is 2.10 bits per heavy atom. The molecule has 0 aliphatic heterocycles. The van der Waals surface area contributed by atoms with Crippen LogP contribution < -0.4 is 0 Å². The zero-order valence-electron chi connectivity index (χ0n) is 11.4. The molecule has 2 rings (SSSR count). The van der Waals surface area contributed by atoms with Gasteiger partial charge >= 0.3 is 5.97 Å². The van der Waals surface area contributed by atoms with Crippen molar-refractivity contribution >= 4 is 22.6 Å². The molecule has 0 aliphatic carbocycles. The Hall–Kier alpha value is -2.62. The van der Waals surface area contributed by atoms with E-state index in [2.05, 4.69) is 9.97 Å². The minimum atomic E-state index is -0.942. The predicted octanol–water partition coefficient (Wildman–Crippen LogP) is 3.80. The molecule has 0 amide bonds. The highest BCUT2D eigenvalue weighted by Gasteiger charge is 2.08. The molecule has 0 fully saturated rings. The third kappa shape index (κ3) is 2.85. The number of allylic oxidation sites excluding steroid dienone is 6. The number of H-pyrrole nitrogens is 1. The van der Waals surface area contributed by atoms with Crippen LogP contribution >= 0.6 is 0 Å². The number of benzene rings is 1. The molecule has 20 heavy (non-hydrogen) atoms. The Balaban J connectivity index is 2.42. The van der Waals surface area contributed by atoms with Crippen LogP contribution in [-0.2, 0) is 0 Å². The van der Waals surface area contributed by atoms with Crippen molar-refractivity contribution in [2.45, 2.75) is 13.8 Å². The fraction of sp³-hybridized carbons (Fsp3) is 0.125. The Labute approximate surface area is 117 Å². The van der Waals surface area contributed by atoms with Crippen molar-refractivity contribution in [2.75, 3.05) is 0 Å². The zero-order valence-corrected chi connectivity index (χ0v) is 11.4. The molecule has 4 nitrogen and oxygen atoms in total. The third-order valence-corrected chi connectivity index (χ3v) is 2.89. The van der Waals surface area contributed by atoms with Crippen LogP contribution in [0.15, 0.2) is 48.6 Å². The van der Waals surface area contributed by atoms with Gasteiger partial charge in [-0.25, -0.2) is 9.78 Å². The number of hydrogen-bond donors (Lipinski definition) is 2. The van der Waals surface area contributed by atoms with Crippen molar-refractivity contribution in [3.8, 4) is 0 Å². The summed E-state index contributed by atoms with van der Waals surface area (Å²) in [6.45, 7) is 3.89. The summed E-state index contributed by atoms with van der Waals surface area (Å²) >= 11 is 0. The normalized spacial score (nSPS) is 12.8. The van der Waals surface area contributed by atoms with Gasteiger partial charge in [0.2, 0.25) is 0 Å². The topological polar surface area (TPSA) is 66.0 Å². The second kappa shape index (κ2) is 6.02. The molecular formula is C16H16N2O2. The van der Waals surface area contributed by atoms with E-state index in [9.17, 15) is 4.79 Å². The number of rotatable bonds is 4. The lowest BCUT2D eigenvalue weighted by Crippen LogP contribution is -1.94. The Morgan fingerprint density at radius 1 is 1.30 bits per heavy atom. The first-order valence-electron chi connectivity index (χ1n) is 6.35. The summed E-state index contributed by atoms with van der Waals surface area (Å²) in [5, 5.41) is 8.99. The number of carboxylic acids is 1. The van der Waals surface area contributed by atoms with Gasteiger partial charge in [-0.05, 0) is 32.0 Å². The number of aromatic carboxylic acids is 1. The first-order chi connectivity index (χ1) is 9.65. The lowest BCUT2D eigenvalue weighted by molar-refractivity contribution is 0.0697. The number of aromatic nitrogens is 2.